The number of hydrogen-bond donors (Lipinski definition) is 1. The first-order valence-electron chi connectivity index (χ1n) is 2.38. The minimum atomic E-state index is 0.215. The standard InChI is InChI=1S/C4H12N2S2/c1-8(2)6-7-4-3-5/h3-5H2,1-2H3. The fourth-order valence-corrected chi connectivity index (χ4v) is 1.44. The van der Waals surface area contributed by atoms with Crippen LogP contribution in [0.25, 0.3) is 0 Å². The molecule has 0 saturated carbocycles. The van der Waals surface area contributed by atoms with Gasteiger partial charge in [-0.3, -0.25) is 0 Å². The first-order valence-corrected chi connectivity index (χ1v) is 5.32. The Morgan fingerprint density at radius 2 is 2.25 bits per heavy atom. The van der Waals surface area contributed by atoms with Crippen LogP contribution >= 0.6 is 11.9 Å². The Kier molecular flexibility index (Phi) is 5.92. The number of rotatable bonds is 3. The summed E-state index contributed by atoms with van der Waals surface area (Å²) in [5, 5.41) is 0. The Labute approximate surface area is 57.5 Å². The molecular formula is C4H12N2S2. The molecule has 4 heteroatoms. The van der Waals surface area contributed by atoms with E-state index in [2.05, 4.69) is 16.3 Å². The van der Waals surface area contributed by atoms with E-state index in [0.29, 0.717) is 0 Å². The van der Waals surface area contributed by atoms with Crippen LogP contribution in [-0.4, -0.2) is 24.8 Å². The van der Waals surface area contributed by atoms with Gasteiger partial charge in [-0.15, -0.1) is 0 Å². The van der Waals surface area contributed by atoms with Gasteiger partial charge in [-0.25, -0.2) is 0 Å². The Hall–Kier alpha value is 0.460. The first-order chi connectivity index (χ1) is 3.77. The highest BCUT2D eigenvalue weighted by molar-refractivity contribution is 8.04. The fraction of sp³-hybridized carbons (Fsp3) is 1.00. The second kappa shape index (κ2) is 5.59. The van der Waals surface area contributed by atoms with Crippen molar-refractivity contribution in [2.24, 2.45) is 9.50 Å². The second-order valence-corrected chi connectivity index (χ2v) is 4.28. The van der Waals surface area contributed by atoms with Crippen LogP contribution in [0.5, 0.6) is 0 Å². The maximum atomic E-state index is 5.24. The van der Waals surface area contributed by atoms with Crippen LogP contribution in [0.15, 0.2) is 3.77 Å². The van der Waals surface area contributed by atoms with Gasteiger partial charge in [0.1, 0.15) is 0 Å². The number of nitrogens with zero attached hydrogens (tertiary/aromatic N) is 1. The molecule has 0 rings (SSSR count). The molecule has 50 valence electrons. The van der Waals surface area contributed by atoms with Gasteiger partial charge in [-0.1, -0.05) is 10.7 Å². The smallest absolute Gasteiger partial charge is 0.0282 e. The predicted octanol–water partition coefficient (Wildman–Crippen LogP) is 0.655. The highest BCUT2D eigenvalue weighted by Gasteiger charge is 1.78. The minimum absolute atomic E-state index is 0.215. The SMILES string of the molecule is CS(C)=NSCCN. The summed E-state index contributed by atoms with van der Waals surface area (Å²) in [6.07, 6.45) is 4.17. The summed E-state index contributed by atoms with van der Waals surface area (Å²) in [5.41, 5.74) is 5.24. The van der Waals surface area contributed by atoms with E-state index in [4.69, 9.17) is 5.73 Å². The number of hydrogen-bond acceptors (Lipinski definition) is 3. The molecular weight excluding hydrogens is 140 g/mol. The average Bonchev–Trinajstić information content (AvgIpc) is 1.66. The van der Waals surface area contributed by atoms with Gasteiger partial charge in [-0.05, 0) is 24.5 Å². The molecule has 0 amide bonds. The lowest BCUT2D eigenvalue weighted by molar-refractivity contribution is 1.15. The lowest BCUT2D eigenvalue weighted by Crippen LogP contribution is -2.00. The molecule has 0 saturated heterocycles. The van der Waals surface area contributed by atoms with Crippen molar-refractivity contribution >= 4 is 22.6 Å². The summed E-state index contributed by atoms with van der Waals surface area (Å²) in [4.78, 5) is 0. The molecule has 0 atom stereocenters. The van der Waals surface area contributed by atoms with Crippen LogP contribution in [0, 0.1) is 0 Å². The van der Waals surface area contributed by atoms with Crippen LogP contribution in [0.4, 0.5) is 0 Å². The van der Waals surface area contributed by atoms with Crippen molar-refractivity contribution in [3.8, 4) is 0 Å². The zero-order valence-electron chi connectivity index (χ0n) is 5.26. The van der Waals surface area contributed by atoms with Crippen LogP contribution in [0.3, 0.4) is 0 Å². The Balaban J connectivity index is 3.03. The third-order valence-electron chi connectivity index (χ3n) is 0.411. The van der Waals surface area contributed by atoms with E-state index >= 15 is 0 Å². The molecule has 0 aliphatic carbocycles. The van der Waals surface area contributed by atoms with Gasteiger partial charge >= 0.3 is 0 Å². The maximum absolute atomic E-state index is 5.24. The maximum Gasteiger partial charge on any atom is 0.0282 e. The Morgan fingerprint density at radius 3 is 2.62 bits per heavy atom. The Bertz CT molecular complexity index is 78.1. The lowest BCUT2D eigenvalue weighted by atomic mass is 10.8. The third kappa shape index (κ3) is 6.46. The molecule has 8 heavy (non-hydrogen) atoms. The van der Waals surface area contributed by atoms with E-state index in [1.807, 2.05) is 0 Å². The van der Waals surface area contributed by atoms with E-state index < -0.39 is 0 Å². The molecule has 2 N–H and O–H groups in total. The molecule has 0 spiro atoms. The molecule has 0 bridgehead atoms. The first kappa shape index (κ1) is 8.46. The summed E-state index contributed by atoms with van der Waals surface area (Å²) < 4.78 is 4.18. The largest absolute Gasteiger partial charge is 0.330 e. The van der Waals surface area contributed by atoms with Gasteiger partial charge in [0.15, 0.2) is 0 Å². The van der Waals surface area contributed by atoms with Crippen LogP contribution in [0.2, 0.25) is 0 Å². The quantitative estimate of drug-likeness (QED) is 0.476. The van der Waals surface area contributed by atoms with Gasteiger partial charge in [0.25, 0.3) is 0 Å². The molecule has 0 aliphatic heterocycles. The molecule has 0 unspecified atom stereocenters. The fourth-order valence-electron chi connectivity index (χ4n) is 0.195. The van der Waals surface area contributed by atoms with Gasteiger partial charge in [0.2, 0.25) is 0 Å². The predicted molar refractivity (Wildman–Crippen MR) is 43.2 cm³/mol. The van der Waals surface area contributed by atoms with Crippen molar-refractivity contribution in [2.75, 3.05) is 24.8 Å². The minimum Gasteiger partial charge on any atom is -0.330 e. The van der Waals surface area contributed by atoms with Crippen molar-refractivity contribution in [1.82, 2.24) is 0 Å². The topological polar surface area (TPSA) is 38.4 Å². The monoisotopic (exact) mass is 152 g/mol. The molecule has 0 radical (unpaired) electrons. The van der Waals surface area contributed by atoms with Crippen molar-refractivity contribution in [3.05, 3.63) is 0 Å². The van der Waals surface area contributed by atoms with E-state index in [1.165, 1.54) is 0 Å². The molecule has 0 heterocycles. The third-order valence-corrected chi connectivity index (χ3v) is 2.44. The van der Waals surface area contributed by atoms with Gasteiger partial charge in [-0.2, -0.15) is 3.77 Å². The van der Waals surface area contributed by atoms with Crippen molar-refractivity contribution in [3.63, 3.8) is 0 Å². The summed E-state index contributed by atoms with van der Waals surface area (Å²) in [5.74, 6) is 0.950. The van der Waals surface area contributed by atoms with Crippen molar-refractivity contribution in [1.29, 1.82) is 0 Å². The lowest BCUT2D eigenvalue weighted by Gasteiger charge is -1.89. The summed E-state index contributed by atoms with van der Waals surface area (Å²) >= 11 is 1.57. The average molecular weight is 152 g/mol. The zero-order valence-corrected chi connectivity index (χ0v) is 6.89. The molecule has 0 aliphatic rings. The van der Waals surface area contributed by atoms with Gasteiger partial charge in [0, 0.05) is 12.3 Å². The molecule has 0 aromatic carbocycles. The van der Waals surface area contributed by atoms with E-state index in [9.17, 15) is 0 Å². The summed E-state index contributed by atoms with van der Waals surface area (Å²) in [7, 11) is 0.215. The molecule has 0 aromatic rings. The van der Waals surface area contributed by atoms with Crippen LogP contribution in [-0.2, 0) is 10.7 Å². The summed E-state index contributed by atoms with van der Waals surface area (Å²) in [6.45, 7) is 0.728. The second-order valence-electron chi connectivity index (χ2n) is 1.47. The molecule has 0 aromatic heterocycles. The van der Waals surface area contributed by atoms with Crippen molar-refractivity contribution < 1.29 is 0 Å². The molecule has 2 nitrogen and oxygen atoms in total. The van der Waals surface area contributed by atoms with Crippen molar-refractivity contribution in [2.45, 2.75) is 0 Å². The van der Waals surface area contributed by atoms with Gasteiger partial charge in [0.05, 0.1) is 0 Å². The van der Waals surface area contributed by atoms with Crippen LogP contribution in [0.1, 0.15) is 0 Å². The van der Waals surface area contributed by atoms with E-state index in [1.54, 1.807) is 11.9 Å². The van der Waals surface area contributed by atoms with E-state index in [0.717, 1.165) is 12.3 Å². The van der Waals surface area contributed by atoms with Gasteiger partial charge < -0.3 is 5.73 Å². The van der Waals surface area contributed by atoms with Crippen LogP contribution < -0.4 is 5.73 Å². The highest BCUT2D eigenvalue weighted by atomic mass is 32.2. The Morgan fingerprint density at radius 1 is 1.62 bits per heavy atom. The zero-order chi connectivity index (χ0) is 6.41. The summed E-state index contributed by atoms with van der Waals surface area (Å²) in [6, 6.07) is 0. The highest BCUT2D eigenvalue weighted by Crippen LogP contribution is 2.00. The number of nitrogens with two attached hydrogens (primary N) is 1. The normalized spacial score (nSPS) is 10.0. The van der Waals surface area contributed by atoms with E-state index in [-0.39, 0.29) is 10.7 Å². The molecule has 0 fully saturated rings.